The summed E-state index contributed by atoms with van der Waals surface area (Å²) in [6, 6.07) is 10.6. The van der Waals surface area contributed by atoms with E-state index in [9.17, 15) is 9.50 Å². The maximum absolute atomic E-state index is 13.8. The summed E-state index contributed by atoms with van der Waals surface area (Å²) < 4.78 is 13.8. The molecular formula is C17H19FO. The molecule has 1 nitrogen and oxygen atoms in total. The summed E-state index contributed by atoms with van der Waals surface area (Å²) in [6.45, 7) is 2.14. The summed E-state index contributed by atoms with van der Waals surface area (Å²) in [4.78, 5) is 0. The van der Waals surface area contributed by atoms with Crippen LogP contribution in [0.1, 0.15) is 44.3 Å². The lowest BCUT2D eigenvalue weighted by atomic mass is 9.78. The molecule has 19 heavy (non-hydrogen) atoms. The average Bonchev–Trinajstić information content (AvgIpc) is 2.87. The summed E-state index contributed by atoms with van der Waals surface area (Å²) in [6.07, 6.45) is 3.92. The lowest BCUT2D eigenvalue weighted by Crippen LogP contribution is -2.22. The van der Waals surface area contributed by atoms with Gasteiger partial charge in [-0.3, -0.25) is 0 Å². The van der Waals surface area contributed by atoms with E-state index in [1.165, 1.54) is 18.9 Å². The van der Waals surface area contributed by atoms with E-state index in [4.69, 9.17) is 0 Å². The van der Waals surface area contributed by atoms with E-state index in [0.29, 0.717) is 5.39 Å². The van der Waals surface area contributed by atoms with Crippen LogP contribution in [0.3, 0.4) is 0 Å². The van der Waals surface area contributed by atoms with E-state index in [2.05, 4.69) is 6.92 Å². The molecule has 1 unspecified atom stereocenters. The molecule has 1 saturated carbocycles. The van der Waals surface area contributed by atoms with E-state index < -0.39 is 6.10 Å². The first-order valence-corrected chi connectivity index (χ1v) is 6.97. The fraction of sp³-hybridized carbons (Fsp3) is 0.412. The van der Waals surface area contributed by atoms with Crippen LogP contribution in [0.5, 0.6) is 0 Å². The third-order valence-corrected chi connectivity index (χ3v) is 4.61. The molecule has 2 heteroatoms. The van der Waals surface area contributed by atoms with E-state index in [-0.39, 0.29) is 11.2 Å². The number of aliphatic hydroxyl groups is 1. The lowest BCUT2D eigenvalue weighted by molar-refractivity contribution is 0.0420. The van der Waals surface area contributed by atoms with Gasteiger partial charge in [0.25, 0.3) is 0 Å². The Morgan fingerprint density at radius 3 is 2.37 bits per heavy atom. The Kier molecular flexibility index (Phi) is 3.06. The monoisotopic (exact) mass is 258 g/mol. The lowest BCUT2D eigenvalue weighted by Gasteiger charge is -2.31. The molecule has 0 heterocycles. The maximum atomic E-state index is 13.8. The molecular weight excluding hydrogens is 239 g/mol. The zero-order valence-electron chi connectivity index (χ0n) is 11.2. The van der Waals surface area contributed by atoms with Crippen LogP contribution in [-0.2, 0) is 0 Å². The normalized spacial score (nSPS) is 19.7. The van der Waals surface area contributed by atoms with Gasteiger partial charge in [-0.2, -0.15) is 0 Å². The van der Waals surface area contributed by atoms with Gasteiger partial charge in [0.05, 0.1) is 6.10 Å². The van der Waals surface area contributed by atoms with Crippen molar-refractivity contribution in [2.75, 3.05) is 0 Å². The number of halogens is 1. The standard InChI is InChI=1S/C17H19FO/c1-17(10-4-5-11-17)16(19)14-8-9-15(18)13-7-3-2-6-12(13)14/h2-3,6-9,16,19H,4-5,10-11H2,1H3. The molecule has 0 saturated heterocycles. The summed E-state index contributed by atoms with van der Waals surface area (Å²) >= 11 is 0. The van der Waals surface area contributed by atoms with Crippen LogP contribution in [0.15, 0.2) is 36.4 Å². The fourth-order valence-electron chi connectivity index (χ4n) is 3.36. The number of aliphatic hydroxyl groups excluding tert-OH is 1. The van der Waals surface area contributed by atoms with Crippen molar-refractivity contribution in [3.8, 4) is 0 Å². The highest BCUT2D eigenvalue weighted by Crippen LogP contribution is 2.48. The van der Waals surface area contributed by atoms with Crippen LogP contribution >= 0.6 is 0 Å². The van der Waals surface area contributed by atoms with Crippen LogP contribution < -0.4 is 0 Å². The molecule has 0 aliphatic heterocycles. The first kappa shape index (κ1) is 12.6. The molecule has 0 aromatic heterocycles. The van der Waals surface area contributed by atoms with Gasteiger partial charge in [-0.15, -0.1) is 0 Å². The molecule has 1 aliphatic rings. The molecule has 3 rings (SSSR count). The van der Waals surface area contributed by atoms with E-state index >= 15 is 0 Å². The van der Waals surface area contributed by atoms with Crippen molar-refractivity contribution in [3.05, 3.63) is 47.8 Å². The molecule has 1 fully saturated rings. The summed E-state index contributed by atoms with van der Waals surface area (Å²) in [5.41, 5.74) is 0.794. The van der Waals surface area contributed by atoms with E-state index in [0.717, 1.165) is 23.8 Å². The molecule has 0 amide bonds. The predicted molar refractivity (Wildman–Crippen MR) is 75.4 cm³/mol. The minimum absolute atomic E-state index is 0.0688. The summed E-state index contributed by atoms with van der Waals surface area (Å²) in [7, 11) is 0. The minimum Gasteiger partial charge on any atom is -0.388 e. The van der Waals surface area contributed by atoms with Crippen molar-refractivity contribution in [1.29, 1.82) is 0 Å². The molecule has 2 aromatic carbocycles. The zero-order valence-corrected chi connectivity index (χ0v) is 11.2. The average molecular weight is 258 g/mol. The van der Waals surface area contributed by atoms with Crippen molar-refractivity contribution in [2.45, 2.75) is 38.7 Å². The Hall–Kier alpha value is -1.41. The minimum atomic E-state index is -0.513. The highest BCUT2D eigenvalue weighted by Gasteiger charge is 2.37. The summed E-state index contributed by atoms with van der Waals surface area (Å²) in [5.74, 6) is -0.219. The zero-order chi connectivity index (χ0) is 13.5. The Morgan fingerprint density at radius 1 is 1.05 bits per heavy atom. The number of hydrogen-bond acceptors (Lipinski definition) is 1. The van der Waals surface area contributed by atoms with Crippen LogP contribution in [0.25, 0.3) is 10.8 Å². The van der Waals surface area contributed by atoms with Gasteiger partial charge in [-0.05, 0) is 35.3 Å². The fourth-order valence-corrected chi connectivity index (χ4v) is 3.36. The van der Waals surface area contributed by atoms with Crippen molar-refractivity contribution in [3.63, 3.8) is 0 Å². The summed E-state index contributed by atoms with van der Waals surface area (Å²) in [5, 5.41) is 12.2. The number of benzene rings is 2. The topological polar surface area (TPSA) is 20.2 Å². The van der Waals surface area contributed by atoms with Gasteiger partial charge in [0.15, 0.2) is 0 Å². The number of rotatable bonds is 2. The van der Waals surface area contributed by atoms with E-state index in [1.54, 1.807) is 12.1 Å². The molecule has 0 bridgehead atoms. The van der Waals surface area contributed by atoms with Gasteiger partial charge in [-0.25, -0.2) is 4.39 Å². The Bertz CT molecular complexity index is 599. The number of hydrogen-bond donors (Lipinski definition) is 1. The highest BCUT2D eigenvalue weighted by atomic mass is 19.1. The molecule has 0 spiro atoms. The molecule has 1 aliphatic carbocycles. The molecule has 0 radical (unpaired) electrons. The van der Waals surface area contributed by atoms with Crippen LogP contribution in [-0.4, -0.2) is 5.11 Å². The third kappa shape index (κ3) is 2.04. The van der Waals surface area contributed by atoms with Crippen molar-refractivity contribution >= 4 is 10.8 Å². The van der Waals surface area contributed by atoms with Gasteiger partial charge in [0.2, 0.25) is 0 Å². The Balaban J connectivity index is 2.12. The highest BCUT2D eigenvalue weighted by molar-refractivity contribution is 5.86. The first-order chi connectivity index (χ1) is 9.12. The van der Waals surface area contributed by atoms with Gasteiger partial charge in [0.1, 0.15) is 5.82 Å². The van der Waals surface area contributed by atoms with Crippen LogP contribution in [0, 0.1) is 11.2 Å². The van der Waals surface area contributed by atoms with Crippen LogP contribution in [0.4, 0.5) is 4.39 Å². The Labute approximate surface area is 113 Å². The van der Waals surface area contributed by atoms with Crippen molar-refractivity contribution in [2.24, 2.45) is 5.41 Å². The third-order valence-electron chi connectivity index (χ3n) is 4.61. The smallest absolute Gasteiger partial charge is 0.131 e. The SMILES string of the molecule is CC1(C(O)c2ccc(F)c3ccccc23)CCCC1. The van der Waals surface area contributed by atoms with Gasteiger partial charge in [-0.1, -0.05) is 50.1 Å². The second-order valence-corrected chi connectivity index (χ2v) is 5.95. The van der Waals surface area contributed by atoms with Crippen LogP contribution in [0.2, 0.25) is 0 Å². The van der Waals surface area contributed by atoms with Gasteiger partial charge in [0, 0.05) is 5.39 Å². The first-order valence-electron chi connectivity index (χ1n) is 6.97. The van der Waals surface area contributed by atoms with E-state index in [1.807, 2.05) is 18.2 Å². The van der Waals surface area contributed by atoms with Gasteiger partial charge < -0.3 is 5.11 Å². The second kappa shape index (κ2) is 4.61. The molecule has 1 N–H and O–H groups in total. The quantitative estimate of drug-likeness (QED) is 0.835. The van der Waals surface area contributed by atoms with Crippen molar-refractivity contribution < 1.29 is 9.50 Å². The second-order valence-electron chi connectivity index (χ2n) is 5.95. The maximum Gasteiger partial charge on any atom is 0.131 e. The van der Waals surface area contributed by atoms with Gasteiger partial charge >= 0.3 is 0 Å². The largest absolute Gasteiger partial charge is 0.388 e. The number of fused-ring (bicyclic) bond motifs is 1. The molecule has 1 atom stereocenters. The molecule has 2 aromatic rings. The predicted octanol–water partition coefficient (Wildman–Crippen LogP) is 4.59. The Morgan fingerprint density at radius 2 is 1.68 bits per heavy atom. The van der Waals surface area contributed by atoms with Crippen molar-refractivity contribution in [1.82, 2.24) is 0 Å². The molecule has 100 valence electrons.